The Morgan fingerprint density at radius 3 is 2.57 bits per heavy atom. The van der Waals surface area contributed by atoms with Crippen molar-refractivity contribution in [3.8, 4) is 0 Å². The average molecular weight is 310 g/mol. The van der Waals surface area contributed by atoms with Gasteiger partial charge in [-0.2, -0.15) is 17.5 Å². The Morgan fingerprint density at radius 2 is 2.00 bits per heavy atom. The highest BCUT2D eigenvalue weighted by atomic mass is 32.1. The number of hydrogen-bond donors (Lipinski definition) is 1. The van der Waals surface area contributed by atoms with Crippen molar-refractivity contribution in [3.05, 3.63) is 28.2 Å². The van der Waals surface area contributed by atoms with Gasteiger partial charge in [0.25, 0.3) is 0 Å². The molecule has 0 aliphatic heterocycles. The summed E-state index contributed by atoms with van der Waals surface area (Å²) in [6.07, 6.45) is 9.02. The third kappa shape index (κ3) is 5.61. The molecule has 1 rings (SSSR count). The minimum atomic E-state index is -0.167. The summed E-state index contributed by atoms with van der Waals surface area (Å²) in [6, 6.07) is -0.167. The molecule has 0 aromatic carbocycles. The van der Waals surface area contributed by atoms with E-state index in [0.717, 1.165) is 6.42 Å². The van der Waals surface area contributed by atoms with Gasteiger partial charge in [0.15, 0.2) is 0 Å². The Balaban J connectivity index is 2.53. The number of rotatable bonds is 7. The largest absolute Gasteiger partial charge is 0.171 e. The molecule has 0 radical (unpaired) electrons. The van der Waals surface area contributed by atoms with Crippen molar-refractivity contribution in [3.63, 3.8) is 0 Å². The Hall–Kier alpha value is -0.570. The van der Waals surface area contributed by atoms with E-state index in [2.05, 4.69) is 51.9 Å². The lowest BCUT2D eigenvalue weighted by atomic mass is 9.77. The molecule has 1 aliphatic rings. The minimum absolute atomic E-state index is 0.167. The van der Waals surface area contributed by atoms with Crippen molar-refractivity contribution in [1.82, 2.24) is 0 Å². The van der Waals surface area contributed by atoms with Crippen molar-refractivity contribution < 1.29 is 0 Å². The van der Waals surface area contributed by atoms with Crippen LogP contribution in [0.15, 0.2) is 28.5 Å². The first-order chi connectivity index (χ1) is 9.86. The van der Waals surface area contributed by atoms with Crippen LogP contribution in [0, 0.1) is 22.7 Å². The second-order valence-corrected chi connectivity index (χ2v) is 7.56. The first-order valence-electron chi connectivity index (χ1n) is 8.21. The highest BCUT2D eigenvalue weighted by Crippen LogP contribution is 2.37. The molecule has 21 heavy (non-hydrogen) atoms. The summed E-state index contributed by atoms with van der Waals surface area (Å²) in [5, 5.41) is 3.57. The van der Waals surface area contributed by atoms with Crippen LogP contribution in [0.4, 0.5) is 0 Å². The van der Waals surface area contributed by atoms with Gasteiger partial charge in [-0.3, -0.25) is 0 Å². The van der Waals surface area contributed by atoms with Crippen molar-refractivity contribution in [1.29, 1.82) is 0 Å². The van der Waals surface area contributed by atoms with E-state index in [4.69, 9.17) is 12.6 Å². The molecule has 0 saturated carbocycles. The highest BCUT2D eigenvalue weighted by Gasteiger charge is 2.33. The van der Waals surface area contributed by atoms with Gasteiger partial charge in [0.1, 0.15) is 6.04 Å². The van der Waals surface area contributed by atoms with E-state index in [1.165, 1.54) is 30.4 Å². The maximum absolute atomic E-state index is 11.0. The molecule has 0 heterocycles. The van der Waals surface area contributed by atoms with Gasteiger partial charge < -0.3 is 0 Å². The van der Waals surface area contributed by atoms with Crippen LogP contribution in [-0.2, 0) is 0 Å². The molecule has 0 spiro atoms. The Labute approximate surface area is 135 Å². The first kappa shape index (κ1) is 18.5. The monoisotopic (exact) mass is 309 g/mol. The molecule has 2 nitrogen and oxygen atoms in total. The van der Waals surface area contributed by atoms with Crippen LogP contribution >= 0.6 is 12.6 Å². The predicted molar refractivity (Wildman–Crippen MR) is 95.8 cm³/mol. The molecule has 0 fully saturated rings. The molecule has 0 saturated heterocycles. The summed E-state index contributed by atoms with van der Waals surface area (Å²) >= 11 is 4.77. The van der Waals surface area contributed by atoms with Crippen molar-refractivity contribution in [2.24, 2.45) is 22.9 Å². The van der Waals surface area contributed by atoms with E-state index in [-0.39, 0.29) is 11.3 Å². The van der Waals surface area contributed by atoms with E-state index in [9.17, 15) is 4.91 Å². The standard InChI is InChI=1S/C18H31NOS/c1-12(2)7-6-8-13(3)9-10-16-11-17(19-20)14(4)15(5)18(16)21/h7,11,13-15,17-18,21H,6,8-10H2,1-5H3. The van der Waals surface area contributed by atoms with Crippen LogP contribution < -0.4 is 0 Å². The number of hydrogen-bond acceptors (Lipinski definition) is 3. The van der Waals surface area contributed by atoms with Crippen LogP contribution in [-0.4, -0.2) is 11.3 Å². The van der Waals surface area contributed by atoms with Crippen LogP contribution in [0.5, 0.6) is 0 Å². The number of allylic oxidation sites excluding steroid dienone is 2. The summed E-state index contributed by atoms with van der Waals surface area (Å²) in [6.45, 7) is 10.9. The van der Waals surface area contributed by atoms with E-state index in [1.807, 2.05) is 0 Å². The van der Waals surface area contributed by atoms with Gasteiger partial charge in [-0.15, -0.1) is 0 Å². The van der Waals surface area contributed by atoms with Crippen LogP contribution in [0.1, 0.15) is 60.3 Å². The number of thiol groups is 1. The zero-order valence-electron chi connectivity index (χ0n) is 14.2. The normalized spacial score (nSPS) is 30.5. The molecule has 0 amide bonds. The molecule has 0 bridgehead atoms. The van der Waals surface area contributed by atoms with Gasteiger partial charge in [-0.05, 0) is 57.3 Å². The molecule has 0 aromatic rings. The summed E-state index contributed by atoms with van der Waals surface area (Å²) in [5.41, 5.74) is 2.72. The fourth-order valence-corrected chi connectivity index (χ4v) is 3.46. The summed E-state index contributed by atoms with van der Waals surface area (Å²) in [7, 11) is 0. The second-order valence-electron chi connectivity index (χ2n) is 7.00. The molecule has 5 unspecified atom stereocenters. The Kier molecular flexibility index (Phi) is 7.72. The smallest absolute Gasteiger partial charge is 0.113 e. The lowest BCUT2D eigenvalue weighted by molar-refractivity contribution is 0.336. The predicted octanol–water partition coefficient (Wildman–Crippen LogP) is 5.79. The summed E-state index contributed by atoms with van der Waals surface area (Å²) < 4.78 is 0. The number of nitrogens with zero attached hydrogens (tertiary/aromatic N) is 1. The fraction of sp³-hybridized carbons (Fsp3) is 0.778. The highest BCUT2D eigenvalue weighted by molar-refractivity contribution is 7.81. The molecule has 0 N–H and O–H groups in total. The number of nitroso groups, excluding NO2 is 1. The molecule has 5 atom stereocenters. The van der Waals surface area contributed by atoms with E-state index in [1.54, 1.807) is 0 Å². The van der Waals surface area contributed by atoms with Crippen LogP contribution in [0.3, 0.4) is 0 Å². The summed E-state index contributed by atoms with van der Waals surface area (Å²) in [4.78, 5) is 11.0. The zero-order valence-corrected chi connectivity index (χ0v) is 15.1. The Morgan fingerprint density at radius 1 is 1.33 bits per heavy atom. The zero-order chi connectivity index (χ0) is 16.0. The van der Waals surface area contributed by atoms with Gasteiger partial charge in [-0.25, -0.2) is 0 Å². The van der Waals surface area contributed by atoms with Crippen LogP contribution in [0.2, 0.25) is 0 Å². The third-order valence-corrected chi connectivity index (χ3v) is 5.69. The van der Waals surface area contributed by atoms with E-state index in [0.29, 0.717) is 17.8 Å². The average Bonchev–Trinajstić information content (AvgIpc) is 2.43. The molecule has 1 aliphatic carbocycles. The minimum Gasteiger partial charge on any atom is -0.171 e. The van der Waals surface area contributed by atoms with Gasteiger partial charge in [-0.1, -0.05) is 49.2 Å². The molecule has 120 valence electrons. The molecule has 3 heteroatoms. The lowest BCUT2D eigenvalue weighted by Crippen LogP contribution is -2.33. The van der Waals surface area contributed by atoms with Crippen molar-refractivity contribution >= 4 is 12.6 Å². The lowest BCUT2D eigenvalue weighted by Gasteiger charge is -2.34. The van der Waals surface area contributed by atoms with E-state index < -0.39 is 0 Å². The SMILES string of the molecule is CC(C)=CCCC(C)CCC1=CC(N=O)C(C)C(C)C1S. The quantitative estimate of drug-likeness (QED) is 0.360. The van der Waals surface area contributed by atoms with Gasteiger partial charge in [0.2, 0.25) is 0 Å². The molecule has 0 aromatic heterocycles. The van der Waals surface area contributed by atoms with Gasteiger partial charge >= 0.3 is 0 Å². The van der Waals surface area contributed by atoms with Crippen molar-refractivity contribution in [2.45, 2.75) is 71.6 Å². The van der Waals surface area contributed by atoms with Crippen LogP contribution in [0.25, 0.3) is 0 Å². The first-order valence-corrected chi connectivity index (χ1v) is 8.73. The van der Waals surface area contributed by atoms with Gasteiger partial charge in [0, 0.05) is 5.25 Å². The maximum Gasteiger partial charge on any atom is 0.113 e. The second kappa shape index (κ2) is 8.77. The van der Waals surface area contributed by atoms with Gasteiger partial charge in [0.05, 0.1) is 0 Å². The third-order valence-electron chi connectivity index (χ3n) is 4.89. The topological polar surface area (TPSA) is 29.4 Å². The molecular formula is C18H31NOS. The van der Waals surface area contributed by atoms with E-state index >= 15 is 0 Å². The van der Waals surface area contributed by atoms with Crippen molar-refractivity contribution in [2.75, 3.05) is 0 Å². The molecular weight excluding hydrogens is 278 g/mol. The maximum atomic E-state index is 11.0. The summed E-state index contributed by atoms with van der Waals surface area (Å²) in [5.74, 6) is 1.42. The fourth-order valence-electron chi connectivity index (χ4n) is 2.98. The Bertz CT molecular complexity index is 398.